The molecule has 0 aliphatic carbocycles. The van der Waals surface area contributed by atoms with Crippen molar-refractivity contribution >= 4 is 22.4 Å². The van der Waals surface area contributed by atoms with E-state index < -0.39 is 0 Å². The van der Waals surface area contributed by atoms with Gasteiger partial charge in [-0.2, -0.15) is 0 Å². The van der Waals surface area contributed by atoms with E-state index in [4.69, 9.17) is 10.4 Å². The Hall–Kier alpha value is -1.78. The van der Waals surface area contributed by atoms with Crippen molar-refractivity contribution in [3.05, 3.63) is 12.1 Å². The molecule has 0 spiro atoms. The summed E-state index contributed by atoms with van der Waals surface area (Å²) in [5, 5.41) is 11.0. The molecule has 2 aromatic rings. The van der Waals surface area contributed by atoms with E-state index in [2.05, 4.69) is 36.4 Å². The lowest BCUT2D eigenvalue weighted by Crippen LogP contribution is -2.13. The molecule has 0 bridgehead atoms. The number of hydrogen-bond acceptors (Lipinski definition) is 5. The first-order valence-corrected chi connectivity index (χ1v) is 5.72. The number of fused-ring (bicyclic) bond motifs is 1. The van der Waals surface area contributed by atoms with Crippen LogP contribution in [0.4, 0.5) is 11.4 Å². The highest BCUT2D eigenvalue weighted by molar-refractivity contribution is 5.94. The standard InChI is InChI=1S/C12H18N4O/c1-12(2,3)6-7-14-9-5-4-8(13)10-11(9)16-17-15-10/h4-5,14H,6-7,13H2,1-3H3. The van der Waals surface area contributed by atoms with E-state index in [-0.39, 0.29) is 0 Å². The highest BCUT2D eigenvalue weighted by Gasteiger charge is 2.12. The summed E-state index contributed by atoms with van der Waals surface area (Å²) in [6, 6.07) is 3.72. The summed E-state index contributed by atoms with van der Waals surface area (Å²) < 4.78 is 4.71. The highest BCUT2D eigenvalue weighted by atomic mass is 16.6. The Bertz CT molecular complexity index is 513. The molecule has 3 N–H and O–H groups in total. The smallest absolute Gasteiger partial charge is 0.160 e. The number of anilines is 2. The van der Waals surface area contributed by atoms with Crippen LogP contribution in [0.2, 0.25) is 0 Å². The van der Waals surface area contributed by atoms with Gasteiger partial charge in [0.25, 0.3) is 0 Å². The topological polar surface area (TPSA) is 77.0 Å². The second-order valence-electron chi connectivity index (χ2n) is 5.40. The van der Waals surface area contributed by atoms with Crippen molar-refractivity contribution in [1.82, 2.24) is 10.3 Å². The Morgan fingerprint density at radius 3 is 2.65 bits per heavy atom. The Morgan fingerprint density at radius 2 is 1.94 bits per heavy atom. The molecule has 0 radical (unpaired) electrons. The SMILES string of the molecule is CC(C)(C)CCNc1ccc(N)c2nonc12. The van der Waals surface area contributed by atoms with E-state index in [1.807, 2.05) is 12.1 Å². The molecule has 1 aromatic carbocycles. The fourth-order valence-electron chi connectivity index (χ4n) is 1.60. The van der Waals surface area contributed by atoms with Gasteiger partial charge in [0, 0.05) is 6.54 Å². The van der Waals surface area contributed by atoms with Crippen LogP contribution in [0, 0.1) is 5.41 Å². The number of nitrogens with two attached hydrogens (primary N) is 1. The third-order valence-electron chi connectivity index (χ3n) is 2.64. The molecule has 0 saturated heterocycles. The van der Waals surface area contributed by atoms with E-state index in [9.17, 15) is 0 Å². The first-order chi connectivity index (χ1) is 7.97. The molecule has 0 amide bonds. The van der Waals surface area contributed by atoms with E-state index in [1.165, 1.54) is 0 Å². The normalized spacial score (nSPS) is 11.9. The summed E-state index contributed by atoms with van der Waals surface area (Å²) in [5.74, 6) is 0. The molecule has 5 nitrogen and oxygen atoms in total. The lowest BCUT2D eigenvalue weighted by Gasteiger charge is -2.18. The van der Waals surface area contributed by atoms with E-state index in [0.717, 1.165) is 18.7 Å². The average molecular weight is 234 g/mol. The fraction of sp³-hybridized carbons (Fsp3) is 0.500. The first kappa shape index (κ1) is 11.7. The quantitative estimate of drug-likeness (QED) is 0.798. The minimum absolute atomic E-state index is 0.308. The van der Waals surface area contributed by atoms with Crippen molar-refractivity contribution in [2.24, 2.45) is 5.41 Å². The number of nitrogens with zero attached hydrogens (tertiary/aromatic N) is 2. The molecule has 0 aliphatic rings. The van der Waals surface area contributed by atoms with Crippen LogP contribution in [0.25, 0.3) is 11.0 Å². The Labute approximate surface area is 100 Å². The van der Waals surface area contributed by atoms with Crippen molar-refractivity contribution < 1.29 is 4.63 Å². The zero-order valence-electron chi connectivity index (χ0n) is 10.4. The summed E-state index contributed by atoms with van der Waals surface area (Å²) in [4.78, 5) is 0. The van der Waals surface area contributed by atoms with Crippen molar-refractivity contribution in [3.63, 3.8) is 0 Å². The summed E-state index contributed by atoms with van der Waals surface area (Å²) in [6.45, 7) is 7.52. The summed E-state index contributed by atoms with van der Waals surface area (Å²) >= 11 is 0. The highest BCUT2D eigenvalue weighted by Crippen LogP contribution is 2.26. The van der Waals surface area contributed by atoms with Crippen molar-refractivity contribution in [1.29, 1.82) is 0 Å². The van der Waals surface area contributed by atoms with Gasteiger partial charge >= 0.3 is 0 Å². The average Bonchev–Trinajstić information content (AvgIpc) is 2.69. The molecule has 1 heterocycles. The van der Waals surface area contributed by atoms with Gasteiger partial charge in [-0.1, -0.05) is 20.8 Å². The van der Waals surface area contributed by atoms with Crippen LogP contribution in [-0.2, 0) is 0 Å². The van der Waals surface area contributed by atoms with Gasteiger partial charge in [-0.05, 0) is 34.3 Å². The predicted molar refractivity (Wildman–Crippen MR) is 68.8 cm³/mol. The molecule has 0 unspecified atom stereocenters. The Balaban J connectivity index is 2.14. The minimum Gasteiger partial charge on any atom is -0.397 e. The monoisotopic (exact) mass is 234 g/mol. The van der Waals surface area contributed by atoms with Gasteiger partial charge < -0.3 is 11.1 Å². The van der Waals surface area contributed by atoms with Crippen LogP contribution in [-0.4, -0.2) is 16.9 Å². The number of hydrogen-bond donors (Lipinski definition) is 2. The third kappa shape index (κ3) is 2.67. The van der Waals surface area contributed by atoms with Gasteiger partial charge in [0.1, 0.15) is 0 Å². The van der Waals surface area contributed by atoms with Gasteiger partial charge in [0.05, 0.1) is 11.4 Å². The van der Waals surface area contributed by atoms with Gasteiger partial charge in [0.15, 0.2) is 11.0 Å². The molecule has 5 heteroatoms. The third-order valence-corrected chi connectivity index (χ3v) is 2.64. The maximum absolute atomic E-state index is 5.78. The molecule has 1 aromatic heterocycles. The lowest BCUT2D eigenvalue weighted by atomic mass is 9.92. The van der Waals surface area contributed by atoms with Crippen LogP contribution >= 0.6 is 0 Å². The van der Waals surface area contributed by atoms with Gasteiger partial charge in [-0.25, -0.2) is 4.63 Å². The molecular formula is C12H18N4O. The molecule has 0 atom stereocenters. The number of rotatable bonds is 3. The van der Waals surface area contributed by atoms with E-state index in [0.29, 0.717) is 22.1 Å². The largest absolute Gasteiger partial charge is 0.397 e. The van der Waals surface area contributed by atoms with Gasteiger partial charge in [0.2, 0.25) is 0 Å². The summed E-state index contributed by atoms with van der Waals surface area (Å²) in [7, 11) is 0. The van der Waals surface area contributed by atoms with Crippen molar-refractivity contribution in [2.75, 3.05) is 17.6 Å². The van der Waals surface area contributed by atoms with E-state index in [1.54, 1.807) is 0 Å². The molecule has 0 fully saturated rings. The number of nitrogen functional groups attached to an aromatic ring is 1. The van der Waals surface area contributed by atoms with Crippen LogP contribution in [0.1, 0.15) is 27.2 Å². The summed E-state index contributed by atoms with van der Waals surface area (Å²) in [5.41, 5.74) is 8.90. The number of benzene rings is 1. The Kier molecular flexibility index (Phi) is 2.92. The maximum atomic E-state index is 5.78. The second-order valence-corrected chi connectivity index (χ2v) is 5.40. The van der Waals surface area contributed by atoms with Crippen LogP contribution < -0.4 is 11.1 Å². The predicted octanol–water partition coefficient (Wildman–Crippen LogP) is 2.65. The van der Waals surface area contributed by atoms with Gasteiger partial charge in [-0.15, -0.1) is 0 Å². The van der Waals surface area contributed by atoms with Crippen molar-refractivity contribution in [3.8, 4) is 0 Å². The molecule has 2 rings (SSSR count). The molecule has 92 valence electrons. The first-order valence-electron chi connectivity index (χ1n) is 5.72. The van der Waals surface area contributed by atoms with Crippen LogP contribution in [0.3, 0.4) is 0 Å². The number of nitrogens with one attached hydrogen (secondary N) is 1. The van der Waals surface area contributed by atoms with Crippen LogP contribution in [0.5, 0.6) is 0 Å². The Morgan fingerprint density at radius 1 is 1.24 bits per heavy atom. The summed E-state index contributed by atoms with van der Waals surface area (Å²) in [6.07, 6.45) is 1.07. The van der Waals surface area contributed by atoms with Crippen molar-refractivity contribution in [2.45, 2.75) is 27.2 Å². The number of aromatic nitrogens is 2. The molecule has 0 aliphatic heterocycles. The lowest BCUT2D eigenvalue weighted by molar-refractivity contribution is 0.315. The van der Waals surface area contributed by atoms with Gasteiger partial charge in [-0.3, -0.25) is 0 Å². The molecule has 0 saturated carbocycles. The fourth-order valence-corrected chi connectivity index (χ4v) is 1.60. The second kappa shape index (κ2) is 4.24. The zero-order chi connectivity index (χ0) is 12.5. The van der Waals surface area contributed by atoms with Crippen LogP contribution in [0.15, 0.2) is 16.8 Å². The molecule has 17 heavy (non-hydrogen) atoms. The van der Waals surface area contributed by atoms with E-state index >= 15 is 0 Å². The maximum Gasteiger partial charge on any atom is 0.160 e. The zero-order valence-corrected chi connectivity index (χ0v) is 10.4. The molecular weight excluding hydrogens is 216 g/mol. The minimum atomic E-state index is 0.308.